The summed E-state index contributed by atoms with van der Waals surface area (Å²) in [5.74, 6) is -0.666. The fourth-order valence-corrected chi connectivity index (χ4v) is 3.25. The van der Waals surface area contributed by atoms with Crippen molar-refractivity contribution in [2.45, 2.75) is 13.8 Å². The summed E-state index contributed by atoms with van der Waals surface area (Å²) in [5.41, 5.74) is 5.54. The van der Waals surface area contributed by atoms with Crippen molar-refractivity contribution in [3.8, 4) is 16.9 Å². The zero-order valence-electron chi connectivity index (χ0n) is 16.2. The summed E-state index contributed by atoms with van der Waals surface area (Å²) in [6.45, 7) is 4.02. The zero-order valence-corrected chi connectivity index (χ0v) is 16.2. The van der Waals surface area contributed by atoms with Crippen LogP contribution in [-0.4, -0.2) is 15.7 Å². The molecule has 1 N–H and O–H groups in total. The Balaban J connectivity index is 1.79. The number of carbonyl (C=O) groups is 1. The van der Waals surface area contributed by atoms with E-state index in [-0.39, 0.29) is 11.7 Å². The second-order valence-electron chi connectivity index (χ2n) is 6.94. The van der Waals surface area contributed by atoms with Gasteiger partial charge in [0.05, 0.1) is 11.4 Å². The van der Waals surface area contributed by atoms with Crippen LogP contribution in [0, 0.1) is 19.7 Å². The van der Waals surface area contributed by atoms with Crippen molar-refractivity contribution >= 4 is 11.6 Å². The number of nitrogens with zero attached hydrogens (tertiary/aromatic N) is 2. The van der Waals surface area contributed by atoms with Crippen LogP contribution in [0.3, 0.4) is 0 Å². The Labute approximate surface area is 168 Å². The predicted octanol–water partition coefficient (Wildman–Crippen LogP) is 5.55. The van der Waals surface area contributed by atoms with Crippen molar-refractivity contribution in [1.29, 1.82) is 0 Å². The fraction of sp³-hybridized carbons (Fsp3) is 0.0833. The number of rotatable bonds is 4. The van der Waals surface area contributed by atoms with Gasteiger partial charge in [-0.1, -0.05) is 48.0 Å². The van der Waals surface area contributed by atoms with Gasteiger partial charge < -0.3 is 5.32 Å². The number of hydrogen-bond donors (Lipinski definition) is 1. The zero-order chi connectivity index (χ0) is 20.4. The molecule has 4 nitrogen and oxygen atoms in total. The van der Waals surface area contributed by atoms with E-state index in [1.807, 2.05) is 56.3 Å². The Kier molecular flexibility index (Phi) is 4.96. The van der Waals surface area contributed by atoms with Crippen molar-refractivity contribution < 1.29 is 9.18 Å². The highest BCUT2D eigenvalue weighted by Crippen LogP contribution is 2.24. The van der Waals surface area contributed by atoms with Crippen LogP contribution < -0.4 is 5.32 Å². The molecule has 1 aromatic heterocycles. The lowest BCUT2D eigenvalue weighted by molar-refractivity contribution is 0.101. The molecular formula is C24H20FN3O. The largest absolute Gasteiger partial charge is 0.321 e. The van der Waals surface area contributed by atoms with E-state index in [9.17, 15) is 9.18 Å². The van der Waals surface area contributed by atoms with Gasteiger partial charge >= 0.3 is 0 Å². The van der Waals surface area contributed by atoms with E-state index >= 15 is 0 Å². The molecule has 0 aliphatic rings. The van der Waals surface area contributed by atoms with E-state index in [4.69, 9.17) is 5.10 Å². The minimum atomic E-state index is -0.352. The minimum Gasteiger partial charge on any atom is -0.321 e. The predicted molar refractivity (Wildman–Crippen MR) is 113 cm³/mol. The minimum absolute atomic E-state index is 0.314. The van der Waals surface area contributed by atoms with Crippen LogP contribution in [0.15, 0.2) is 78.9 Å². The smallest absolute Gasteiger partial charge is 0.274 e. The van der Waals surface area contributed by atoms with Crippen LogP contribution in [-0.2, 0) is 0 Å². The van der Waals surface area contributed by atoms with E-state index in [1.54, 1.807) is 10.7 Å². The summed E-state index contributed by atoms with van der Waals surface area (Å²) in [7, 11) is 0. The Bertz CT molecular complexity index is 1160. The summed E-state index contributed by atoms with van der Waals surface area (Å²) in [6.07, 6.45) is 0. The second kappa shape index (κ2) is 7.72. The molecule has 0 aliphatic carbocycles. The van der Waals surface area contributed by atoms with Gasteiger partial charge in [0.2, 0.25) is 0 Å². The third-order valence-corrected chi connectivity index (χ3v) is 4.69. The van der Waals surface area contributed by atoms with E-state index in [0.29, 0.717) is 17.1 Å². The van der Waals surface area contributed by atoms with Crippen molar-refractivity contribution in [1.82, 2.24) is 9.78 Å². The monoisotopic (exact) mass is 385 g/mol. The molecule has 0 radical (unpaired) electrons. The molecule has 0 fully saturated rings. The standard InChI is InChI=1S/C24H20FN3O/c1-16-8-13-22(17(2)14-16)28-23(15-21(27-28)18-6-4-3-5-7-18)24(29)26-20-11-9-19(25)10-12-20/h3-15H,1-2H3,(H,26,29). The molecule has 1 heterocycles. The van der Waals surface area contributed by atoms with Crippen LogP contribution in [0.2, 0.25) is 0 Å². The number of aryl methyl sites for hydroxylation is 2. The average molecular weight is 385 g/mol. The molecule has 3 aromatic carbocycles. The third-order valence-electron chi connectivity index (χ3n) is 4.69. The number of aromatic nitrogens is 2. The normalized spacial score (nSPS) is 10.7. The molecule has 0 saturated carbocycles. The number of anilines is 1. The quantitative estimate of drug-likeness (QED) is 0.501. The first-order valence-electron chi connectivity index (χ1n) is 9.31. The van der Waals surface area contributed by atoms with Gasteiger partial charge in [-0.15, -0.1) is 0 Å². The lowest BCUT2D eigenvalue weighted by Crippen LogP contribution is -2.17. The van der Waals surface area contributed by atoms with Crippen LogP contribution in [0.1, 0.15) is 21.6 Å². The highest BCUT2D eigenvalue weighted by atomic mass is 19.1. The number of hydrogen-bond acceptors (Lipinski definition) is 2. The maximum Gasteiger partial charge on any atom is 0.274 e. The Morgan fingerprint density at radius 2 is 1.66 bits per heavy atom. The van der Waals surface area contributed by atoms with E-state index in [1.165, 1.54) is 24.3 Å². The third kappa shape index (κ3) is 3.94. The van der Waals surface area contributed by atoms with E-state index in [0.717, 1.165) is 22.4 Å². The van der Waals surface area contributed by atoms with Crippen molar-refractivity contribution in [2.75, 3.05) is 5.32 Å². The molecule has 0 spiro atoms. The van der Waals surface area contributed by atoms with Crippen LogP contribution >= 0.6 is 0 Å². The Morgan fingerprint density at radius 1 is 0.931 bits per heavy atom. The number of amides is 1. The summed E-state index contributed by atoms with van der Waals surface area (Å²) in [6, 6.07) is 23.2. The maximum absolute atomic E-state index is 13.2. The Morgan fingerprint density at radius 3 is 2.34 bits per heavy atom. The summed E-state index contributed by atoms with van der Waals surface area (Å²) in [4.78, 5) is 13.1. The summed E-state index contributed by atoms with van der Waals surface area (Å²) in [5, 5.41) is 7.54. The summed E-state index contributed by atoms with van der Waals surface area (Å²) >= 11 is 0. The van der Waals surface area contributed by atoms with Gasteiger partial charge in [-0.25, -0.2) is 9.07 Å². The molecule has 29 heavy (non-hydrogen) atoms. The first-order valence-corrected chi connectivity index (χ1v) is 9.31. The number of benzene rings is 3. The SMILES string of the molecule is Cc1ccc(-n2nc(-c3ccccc3)cc2C(=O)Nc2ccc(F)cc2)c(C)c1. The second-order valence-corrected chi connectivity index (χ2v) is 6.94. The fourth-order valence-electron chi connectivity index (χ4n) is 3.25. The Hall–Kier alpha value is -3.73. The van der Waals surface area contributed by atoms with Gasteiger partial charge in [0, 0.05) is 11.3 Å². The average Bonchev–Trinajstić information content (AvgIpc) is 3.16. The molecular weight excluding hydrogens is 365 g/mol. The highest BCUT2D eigenvalue weighted by Gasteiger charge is 2.19. The first kappa shape index (κ1) is 18.6. The first-order chi connectivity index (χ1) is 14.0. The van der Waals surface area contributed by atoms with Crippen LogP contribution in [0.5, 0.6) is 0 Å². The molecule has 4 rings (SSSR count). The molecule has 0 saturated heterocycles. The van der Waals surface area contributed by atoms with Gasteiger partial charge in [-0.2, -0.15) is 5.10 Å². The highest BCUT2D eigenvalue weighted by molar-refractivity contribution is 6.04. The molecule has 144 valence electrons. The van der Waals surface area contributed by atoms with Crippen molar-refractivity contribution in [2.24, 2.45) is 0 Å². The lowest BCUT2D eigenvalue weighted by atomic mass is 10.1. The van der Waals surface area contributed by atoms with Gasteiger partial charge in [0.25, 0.3) is 5.91 Å². The van der Waals surface area contributed by atoms with Crippen LogP contribution in [0.4, 0.5) is 10.1 Å². The molecule has 5 heteroatoms. The topological polar surface area (TPSA) is 46.9 Å². The van der Waals surface area contributed by atoms with Gasteiger partial charge in [-0.3, -0.25) is 4.79 Å². The number of halogens is 1. The van der Waals surface area contributed by atoms with Gasteiger partial charge in [0.15, 0.2) is 0 Å². The lowest BCUT2D eigenvalue weighted by Gasteiger charge is -2.11. The van der Waals surface area contributed by atoms with E-state index < -0.39 is 0 Å². The maximum atomic E-state index is 13.2. The van der Waals surface area contributed by atoms with Crippen molar-refractivity contribution in [3.05, 3.63) is 102 Å². The molecule has 0 bridgehead atoms. The van der Waals surface area contributed by atoms with Crippen LogP contribution in [0.25, 0.3) is 16.9 Å². The van der Waals surface area contributed by atoms with E-state index in [2.05, 4.69) is 11.4 Å². The molecule has 0 unspecified atom stereocenters. The number of carbonyl (C=O) groups excluding carboxylic acids is 1. The van der Waals surface area contributed by atoms with Gasteiger partial charge in [-0.05, 0) is 55.8 Å². The molecule has 1 amide bonds. The van der Waals surface area contributed by atoms with Crippen molar-refractivity contribution in [3.63, 3.8) is 0 Å². The van der Waals surface area contributed by atoms with Gasteiger partial charge in [0.1, 0.15) is 11.5 Å². The number of nitrogens with one attached hydrogen (secondary N) is 1. The molecule has 4 aromatic rings. The molecule has 0 aliphatic heterocycles. The summed E-state index contributed by atoms with van der Waals surface area (Å²) < 4.78 is 14.8. The molecule has 0 atom stereocenters.